The number of hydrogen-bond acceptors (Lipinski definition) is 2. The number of amidine groups is 1. The molecule has 3 nitrogen and oxygen atoms in total. The molecule has 1 aromatic rings. The minimum Gasteiger partial charge on any atom is -0.493 e. The molecule has 0 saturated heterocycles. The van der Waals surface area contributed by atoms with Crippen molar-refractivity contribution in [3.05, 3.63) is 29.8 Å². The van der Waals surface area contributed by atoms with Crippen molar-refractivity contribution in [1.82, 2.24) is 0 Å². The van der Waals surface area contributed by atoms with Gasteiger partial charge in [0.25, 0.3) is 0 Å². The van der Waals surface area contributed by atoms with E-state index in [0.717, 1.165) is 0 Å². The van der Waals surface area contributed by atoms with Gasteiger partial charge in [0.05, 0.1) is 12.2 Å². The molecule has 3 N–H and O–H groups in total. The van der Waals surface area contributed by atoms with Gasteiger partial charge in [0.2, 0.25) is 0 Å². The fourth-order valence-electron chi connectivity index (χ4n) is 0.971. The van der Waals surface area contributed by atoms with Crippen LogP contribution in [-0.2, 0) is 0 Å². The lowest BCUT2D eigenvalue weighted by Gasteiger charge is -2.07. The van der Waals surface area contributed by atoms with Crippen LogP contribution in [0.1, 0.15) is 19.9 Å². The number of nitrogen functional groups attached to an aromatic ring is 1. The smallest absolute Gasteiger partial charge is 0.130 e. The molecule has 0 heterocycles. The predicted molar refractivity (Wildman–Crippen MR) is 55.4 cm³/mol. The number of para-hydroxylation sites is 1. The highest BCUT2D eigenvalue weighted by molar-refractivity contribution is 5.97. The Morgan fingerprint density at radius 1 is 1.46 bits per heavy atom. The van der Waals surface area contributed by atoms with Gasteiger partial charge in [-0.3, -0.25) is 5.41 Å². The number of rotatable bonds is 3. The minimum atomic E-state index is 0. The van der Waals surface area contributed by atoms with Crippen LogP contribution >= 0.6 is 0 Å². The van der Waals surface area contributed by atoms with E-state index in [1.807, 2.05) is 19.1 Å². The maximum atomic E-state index is 7.25. The molecule has 0 spiro atoms. The Morgan fingerprint density at radius 3 is 2.62 bits per heavy atom. The molecule has 0 aliphatic carbocycles. The van der Waals surface area contributed by atoms with E-state index in [1.54, 1.807) is 12.1 Å². The van der Waals surface area contributed by atoms with Gasteiger partial charge in [0, 0.05) is 0 Å². The molecule has 0 amide bonds. The topological polar surface area (TPSA) is 59.1 Å². The molecule has 13 heavy (non-hydrogen) atoms. The summed E-state index contributed by atoms with van der Waals surface area (Å²) in [6, 6.07) is 7.27. The van der Waals surface area contributed by atoms with Crippen molar-refractivity contribution in [2.24, 2.45) is 5.73 Å². The molecule has 0 aromatic heterocycles. The lowest BCUT2D eigenvalue weighted by molar-refractivity contribution is 0.339. The van der Waals surface area contributed by atoms with Gasteiger partial charge < -0.3 is 10.5 Å². The van der Waals surface area contributed by atoms with Gasteiger partial charge in [-0.1, -0.05) is 19.6 Å². The van der Waals surface area contributed by atoms with Crippen molar-refractivity contribution in [2.45, 2.75) is 14.4 Å². The van der Waals surface area contributed by atoms with Gasteiger partial charge in [-0.15, -0.1) is 0 Å². The van der Waals surface area contributed by atoms with Crippen molar-refractivity contribution in [2.75, 3.05) is 6.61 Å². The molecule has 0 unspecified atom stereocenters. The van der Waals surface area contributed by atoms with E-state index in [4.69, 9.17) is 15.9 Å². The second kappa shape index (κ2) is 5.19. The van der Waals surface area contributed by atoms with Crippen LogP contribution < -0.4 is 10.5 Å². The zero-order chi connectivity index (χ0) is 8.97. The van der Waals surface area contributed by atoms with Crippen LogP contribution in [0.15, 0.2) is 24.3 Å². The molecule has 0 bridgehead atoms. The number of hydrogen-bond donors (Lipinski definition) is 2. The van der Waals surface area contributed by atoms with Crippen LogP contribution in [0, 0.1) is 5.41 Å². The molecular formula is C10H16N2O. The number of benzene rings is 1. The van der Waals surface area contributed by atoms with Crippen molar-refractivity contribution < 1.29 is 4.74 Å². The van der Waals surface area contributed by atoms with E-state index in [-0.39, 0.29) is 13.3 Å². The quantitative estimate of drug-likeness (QED) is 0.552. The van der Waals surface area contributed by atoms with Gasteiger partial charge in [0.1, 0.15) is 11.6 Å². The standard InChI is InChI=1S/C9H12N2O.CH4/c1-2-12-8-6-4-3-5-7(8)9(10)11;/h3-6H,2H2,1H3,(H3,10,11);1H4. The van der Waals surface area contributed by atoms with Crippen LogP contribution in [0.2, 0.25) is 0 Å². The highest BCUT2D eigenvalue weighted by Crippen LogP contribution is 2.16. The van der Waals surface area contributed by atoms with Crippen molar-refractivity contribution in [1.29, 1.82) is 5.41 Å². The first-order valence-corrected chi connectivity index (χ1v) is 3.82. The van der Waals surface area contributed by atoms with Gasteiger partial charge in [-0.25, -0.2) is 0 Å². The van der Waals surface area contributed by atoms with Gasteiger partial charge >= 0.3 is 0 Å². The molecule has 0 saturated carbocycles. The highest BCUT2D eigenvalue weighted by atomic mass is 16.5. The Kier molecular flexibility index (Phi) is 4.59. The van der Waals surface area contributed by atoms with Gasteiger partial charge in [-0.05, 0) is 19.1 Å². The summed E-state index contributed by atoms with van der Waals surface area (Å²) < 4.78 is 5.28. The average Bonchev–Trinajstić information content (AvgIpc) is 2.05. The van der Waals surface area contributed by atoms with Crippen LogP contribution in [0.25, 0.3) is 0 Å². The third-order valence-corrected chi connectivity index (χ3v) is 1.48. The van der Waals surface area contributed by atoms with E-state index in [0.29, 0.717) is 17.9 Å². The monoisotopic (exact) mass is 180 g/mol. The summed E-state index contributed by atoms with van der Waals surface area (Å²) in [5.74, 6) is 0.714. The molecule has 3 heteroatoms. The second-order valence-electron chi connectivity index (χ2n) is 2.34. The summed E-state index contributed by atoms with van der Waals surface area (Å²) in [6.07, 6.45) is 0. The minimum absolute atomic E-state index is 0. The average molecular weight is 180 g/mol. The summed E-state index contributed by atoms with van der Waals surface area (Å²) in [5.41, 5.74) is 6.00. The molecule has 0 atom stereocenters. The fraction of sp³-hybridized carbons (Fsp3) is 0.300. The maximum Gasteiger partial charge on any atom is 0.130 e. The third-order valence-electron chi connectivity index (χ3n) is 1.48. The number of ether oxygens (including phenoxy) is 1. The molecule has 1 rings (SSSR count). The Bertz CT molecular complexity index is 284. The normalized spacial score (nSPS) is 8.69. The van der Waals surface area contributed by atoms with Crippen LogP contribution in [0.3, 0.4) is 0 Å². The van der Waals surface area contributed by atoms with Crippen molar-refractivity contribution in [3.63, 3.8) is 0 Å². The maximum absolute atomic E-state index is 7.25. The first kappa shape index (κ1) is 11.5. The summed E-state index contributed by atoms with van der Waals surface area (Å²) in [6.45, 7) is 2.49. The predicted octanol–water partition coefficient (Wildman–Crippen LogP) is 2.01. The molecule has 0 fully saturated rings. The van der Waals surface area contributed by atoms with Crippen molar-refractivity contribution >= 4 is 5.84 Å². The van der Waals surface area contributed by atoms with E-state index in [1.165, 1.54) is 0 Å². The van der Waals surface area contributed by atoms with Crippen molar-refractivity contribution in [3.8, 4) is 5.75 Å². The molecule has 0 aliphatic rings. The largest absolute Gasteiger partial charge is 0.493 e. The van der Waals surface area contributed by atoms with E-state index in [9.17, 15) is 0 Å². The third kappa shape index (κ3) is 2.78. The Morgan fingerprint density at radius 2 is 2.08 bits per heavy atom. The van der Waals surface area contributed by atoms with Crippen LogP contribution in [0.5, 0.6) is 5.75 Å². The molecule has 0 aliphatic heterocycles. The van der Waals surface area contributed by atoms with Crippen LogP contribution in [-0.4, -0.2) is 12.4 Å². The summed E-state index contributed by atoms with van der Waals surface area (Å²) >= 11 is 0. The fourth-order valence-corrected chi connectivity index (χ4v) is 0.971. The Labute approximate surface area is 79.0 Å². The SMILES string of the molecule is C.CCOc1ccccc1C(=N)N. The summed E-state index contributed by atoms with van der Waals surface area (Å²) in [4.78, 5) is 0. The van der Waals surface area contributed by atoms with Gasteiger partial charge in [-0.2, -0.15) is 0 Å². The number of nitrogens with two attached hydrogens (primary N) is 1. The first-order valence-electron chi connectivity index (χ1n) is 3.82. The second-order valence-corrected chi connectivity index (χ2v) is 2.34. The summed E-state index contributed by atoms with van der Waals surface area (Å²) in [7, 11) is 0. The summed E-state index contributed by atoms with van der Waals surface area (Å²) in [5, 5.41) is 7.25. The highest BCUT2D eigenvalue weighted by Gasteiger charge is 2.03. The Hall–Kier alpha value is -1.51. The van der Waals surface area contributed by atoms with E-state index in [2.05, 4.69) is 0 Å². The molecule has 1 aromatic carbocycles. The zero-order valence-electron chi connectivity index (χ0n) is 7.00. The lowest BCUT2D eigenvalue weighted by atomic mass is 10.2. The number of nitrogens with one attached hydrogen (secondary N) is 1. The first-order chi connectivity index (χ1) is 5.75. The molecule has 0 radical (unpaired) electrons. The van der Waals surface area contributed by atoms with E-state index < -0.39 is 0 Å². The lowest BCUT2D eigenvalue weighted by Crippen LogP contribution is -2.12. The zero-order valence-corrected chi connectivity index (χ0v) is 7.00. The molecular weight excluding hydrogens is 164 g/mol. The molecule has 72 valence electrons. The Balaban J connectivity index is 0.00000144. The van der Waals surface area contributed by atoms with Crippen LogP contribution in [0.4, 0.5) is 0 Å². The van der Waals surface area contributed by atoms with E-state index >= 15 is 0 Å². The van der Waals surface area contributed by atoms with Gasteiger partial charge in [0.15, 0.2) is 0 Å².